The third-order valence-electron chi connectivity index (χ3n) is 9.72. The molecule has 0 aliphatic heterocycles. The molecule has 0 saturated carbocycles. The highest BCUT2D eigenvalue weighted by Crippen LogP contribution is 2.13. The summed E-state index contributed by atoms with van der Waals surface area (Å²) in [4.78, 5) is 36.9. The van der Waals surface area contributed by atoms with Crippen LogP contribution in [0.15, 0.2) is 72.9 Å². The average molecular weight is 842 g/mol. The minimum Gasteiger partial charge on any atom is -0.545 e. The number of carbonyl (C=O) groups excluding carboxylic acids is 3. The first kappa shape index (κ1) is 56.7. The second-order valence-electron chi connectivity index (χ2n) is 16.7. The number of aliphatic carboxylic acids is 1. The Labute approximate surface area is 367 Å². The van der Waals surface area contributed by atoms with Crippen molar-refractivity contribution in [2.45, 2.75) is 187 Å². The molecular formula is C51H87NO8. The topological polar surface area (TPSA) is 111 Å². The number of carboxylic acids is 1. The molecule has 0 rings (SSSR count). The van der Waals surface area contributed by atoms with Crippen molar-refractivity contribution in [2.75, 3.05) is 47.5 Å². The Bertz CT molecular complexity index is 1210. The van der Waals surface area contributed by atoms with Crippen LogP contribution in [0.25, 0.3) is 0 Å². The first-order valence-corrected chi connectivity index (χ1v) is 23.6. The summed E-state index contributed by atoms with van der Waals surface area (Å²) >= 11 is 0. The van der Waals surface area contributed by atoms with Crippen LogP contribution < -0.4 is 5.11 Å². The Morgan fingerprint density at radius 1 is 0.517 bits per heavy atom. The van der Waals surface area contributed by atoms with Crippen LogP contribution in [0.4, 0.5) is 0 Å². The Kier molecular flexibility index (Phi) is 40.1. The highest BCUT2D eigenvalue weighted by molar-refractivity contribution is 5.70. The summed E-state index contributed by atoms with van der Waals surface area (Å²) in [7, 11) is 5.89. The van der Waals surface area contributed by atoms with Crippen LogP contribution in [0.1, 0.15) is 174 Å². The van der Waals surface area contributed by atoms with E-state index in [0.29, 0.717) is 17.4 Å². The van der Waals surface area contributed by atoms with E-state index in [1.807, 2.05) is 21.1 Å². The first-order chi connectivity index (χ1) is 29.1. The van der Waals surface area contributed by atoms with Gasteiger partial charge in [0.2, 0.25) is 0 Å². The number of esters is 2. The number of rotatable bonds is 42. The number of hydrogen-bond donors (Lipinski definition) is 0. The number of allylic oxidation sites excluding steroid dienone is 12. The highest BCUT2D eigenvalue weighted by Gasteiger charge is 2.21. The number of quaternary nitrogens is 1. The molecule has 0 saturated heterocycles. The van der Waals surface area contributed by atoms with Gasteiger partial charge in [-0.2, -0.15) is 0 Å². The van der Waals surface area contributed by atoms with E-state index in [1.54, 1.807) is 0 Å². The maximum Gasteiger partial charge on any atom is 0.306 e. The molecule has 0 amide bonds. The van der Waals surface area contributed by atoms with Crippen LogP contribution >= 0.6 is 0 Å². The second-order valence-corrected chi connectivity index (χ2v) is 16.7. The van der Waals surface area contributed by atoms with Crippen LogP contribution in [0, 0.1) is 0 Å². The van der Waals surface area contributed by atoms with Gasteiger partial charge in [-0.3, -0.25) is 9.59 Å². The van der Waals surface area contributed by atoms with Gasteiger partial charge in [-0.05, 0) is 64.2 Å². The zero-order valence-corrected chi connectivity index (χ0v) is 38.8. The van der Waals surface area contributed by atoms with Gasteiger partial charge in [-0.25, -0.2) is 0 Å². The van der Waals surface area contributed by atoms with E-state index < -0.39 is 24.3 Å². The molecule has 9 heteroatoms. The lowest BCUT2D eigenvalue weighted by Crippen LogP contribution is -2.44. The monoisotopic (exact) mass is 842 g/mol. The molecule has 0 N–H and O–H groups in total. The normalized spacial score (nSPS) is 13.6. The molecule has 0 bridgehead atoms. The molecule has 2 atom stereocenters. The third kappa shape index (κ3) is 42.8. The average Bonchev–Trinajstić information content (AvgIpc) is 3.21. The Morgan fingerprint density at radius 2 is 0.950 bits per heavy atom. The molecule has 0 fully saturated rings. The molecule has 0 aliphatic carbocycles. The summed E-state index contributed by atoms with van der Waals surface area (Å²) in [5.74, 6) is -2.31. The van der Waals surface area contributed by atoms with Crippen molar-refractivity contribution < 1.29 is 42.9 Å². The predicted octanol–water partition coefficient (Wildman–Crippen LogP) is 11.4. The van der Waals surface area contributed by atoms with Crippen LogP contribution in [-0.4, -0.2) is 82.3 Å². The van der Waals surface area contributed by atoms with Crippen molar-refractivity contribution in [3.05, 3.63) is 72.9 Å². The minimum atomic E-state index is -1.62. The largest absolute Gasteiger partial charge is 0.545 e. The smallest absolute Gasteiger partial charge is 0.306 e. The SMILES string of the molecule is CC/C=C\C/C=C\C/C=C\C/C=C\C/C=C\C/C=C\CCCCCCCCCCC(=O)OC(COC(=O)CCCCCCCCCC)COC(OCC[N+](C)(C)C)C(=O)[O-]. The second kappa shape index (κ2) is 42.4. The summed E-state index contributed by atoms with van der Waals surface area (Å²) in [6.07, 6.45) is 49.5. The summed E-state index contributed by atoms with van der Waals surface area (Å²) in [6, 6.07) is 0. The Hall–Kier alpha value is -3.27. The minimum absolute atomic E-state index is 0.143. The summed E-state index contributed by atoms with van der Waals surface area (Å²) in [5, 5.41) is 11.7. The van der Waals surface area contributed by atoms with Crippen molar-refractivity contribution in [3.8, 4) is 0 Å². The maximum atomic E-state index is 12.7. The molecule has 0 aliphatic rings. The molecule has 0 aromatic rings. The lowest BCUT2D eigenvalue weighted by molar-refractivity contribution is -0.870. The van der Waals surface area contributed by atoms with E-state index in [0.717, 1.165) is 83.5 Å². The van der Waals surface area contributed by atoms with E-state index in [1.165, 1.54) is 57.8 Å². The fourth-order valence-electron chi connectivity index (χ4n) is 6.07. The first-order valence-electron chi connectivity index (χ1n) is 23.6. The van der Waals surface area contributed by atoms with Gasteiger partial charge in [0, 0.05) is 12.8 Å². The van der Waals surface area contributed by atoms with Crippen molar-refractivity contribution in [3.63, 3.8) is 0 Å². The molecule has 0 aromatic heterocycles. The van der Waals surface area contributed by atoms with Gasteiger partial charge < -0.3 is 33.3 Å². The zero-order chi connectivity index (χ0) is 44.2. The van der Waals surface area contributed by atoms with Crippen molar-refractivity contribution in [1.29, 1.82) is 0 Å². The van der Waals surface area contributed by atoms with Crippen molar-refractivity contribution in [2.24, 2.45) is 0 Å². The molecule has 0 heterocycles. The molecule has 344 valence electrons. The van der Waals surface area contributed by atoms with E-state index in [9.17, 15) is 19.5 Å². The zero-order valence-electron chi connectivity index (χ0n) is 38.8. The third-order valence-corrected chi connectivity index (χ3v) is 9.72. The van der Waals surface area contributed by atoms with E-state index in [2.05, 4.69) is 86.8 Å². The molecule has 9 nitrogen and oxygen atoms in total. The number of nitrogens with zero attached hydrogens (tertiary/aromatic N) is 1. The van der Waals surface area contributed by atoms with Crippen LogP contribution in [0.2, 0.25) is 0 Å². The molecule has 0 radical (unpaired) electrons. The van der Waals surface area contributed by atoms with Gasteiger partial charge in [0.1, 0.15) is 13.2 Å². The molecule has 60 heavy (non-hydrogen) atoms. The van der Waals surface area contributed by atoms with Gasteiger partial charge in [0.15, 0.2) is 12.4 Å². The van der Waals surface area contributed by atoms with E-state index in [-0.39, 0.29) is 38.6 Å². The molecule has 0 aromatic carbocycles. The van der Waals surface area contributed by atoms with E-state index >= 15 is 0 Å². The van der Waals surface area contributed by atoms with E-state index in [4.69, 9.17) is 18.9 Å². The number of likely N-dealkylation sites (N-methyl/N-ethyl adjacent to an activating group) is 1. The number of hydrogen-bond acceptors (Lipinski definition) is 8. The van der Waals surface area contributed by atoms with Gasteiger partial charge in [-0.1, -0.05) is 170 Å². The summed E-state index contributed by atoms with van der Waals surface area (Å²) in [6.45, 7) is 4.56. The molecule has 2 unspecified atom stereocenters. The van der Waals surface area contributed by atoms with Crippen LogP contribution in [0.5, 0.6) is 0 Å². The van der Waals surface area contributed by atoms with Crippen LogP contribution in [-0.2, 0) is 33.3 Å². The van der Waals surface area contributed by atoms with Crippen molar-refractivity contribution in [1.82, 2.24) is 0 Å². The maximum absolute atomic E-state index is 12.7. The standard InChI is InChI=1S/C51H87NO8/c1-6-8-10-12-14-16-17-18-19-20-21-22-23-24-25-26-27-28-29-30-31-32-33-34-36-38-40-42-49(54)60-47(46-59-51(50(55)56)57-44-43-52(3,4)5)45-58-48(53)41-39-37-35-15-13-11-9-7-2/h8,10,14,16,18-19,21-22,24-25,27-28,47,51H,6-7,9,11-13,15,17,20,23,26,29-46H2,1-5H3/b10-8-,16-14-,19-18-,22-21-,25-24-,28-27-. The quantitative estimate of drug-likeness (QED) is 0.0196. The highest BCUT2D eigenvalue weighted by atomic mass is 16.7. The Morgan fingerprint density at radius 3 is 1.42 bits per heavy atom. The number of carboxylic acid groups (broad SMARTS) is 1. The summed E-state index contributed by atoms with van der Waals surface area (Å²) in [5.41, 5.74) is 0. The lowest BCUT2D eigenvalue weighted by atomic mass is 10.1. The van der Waals surface area contributed by atoms with Crippen LogP contribution in [0.3, 0.4) is 0 Å². The molecule has 0 spiro atoms. The molecular weight excluding hydrogens is 755 g/mol. The summed E-state index contributed by atoms with van der Waals surface area (Å²) < 4.78 is 22.5. The number of carbonyl (C=O) groups is 3. The Balaban J connectivity index is 4.27. The lowest BCUT2D eigenvalue weighted by Gasteiger charge is -2.26. The predicted molar refractivity (Wildman–Crippen MR) is 246 cm³/mol. The van der Waals surface area contributed by atoms with Gasteiger partial charge in [0.05, 0.1) is 40.3 Å². The van der Waals surface area contributed by atoms with Crippen molar-refractivity contribution >= 4 is 17.9 Å². The number of ether oxygens (including phenoxy) is 4. The van der Waals surface area contributed by atoms with Gasteiger partial charge in [-0.15, -0.1) is 0 Å². The van der Waals surface area contributed by atoms with Gasteiger partial charge >= 0.3 is 11.9 Å². The van der Waals surface area contributed by atoms with Gasteiger partial charge in [0.25, 0.3) is 0 Å². The number of unbranched alkanes of at least 4 members (excludes halogenated alkanes) is 15. The fourth-order valence-corrected chi connectivity index (χ4v) is 6.07. The fraction of sp³-hybridized carbons (Fsp3) is 0.706.